The fourth-order valence-corrected chi connectivity index (χ4v) is 3.15. The summed E-state index contributed by atoms with van der Waals surface area (Å²) in [5.74, 6) is 1.15. The van der Waals surface area contributed by atoms with E-state index >= 15 is 0 Å². The molecule has 1 heterocycles. The number of pyridine rings is 1. The smallest absolute Gasteiger partial charge is 0.253 e. The molecule has 138 valence electrons. The van der Waals surface area contributed by atoms with Crippen LogP contribution >= 0.6 is 0 Å². The monoisotopic (exact) mass is 356 g/mol. The Balaban J connectivity index is 1.70. The van der Waals surface area contributed by atoms with Crippen LogP contribution in [0.25, 0.3) is 0 Å². The molecule has 1 atom stereocenters. The Morgan fingerprint density at radius 2 is 1.96 bits per heavy atom. The predicted octanol–water partition coefficient (Wildman–Crippen LogP) is 3.20. The number of hydrogen-bond acceptors (Lipinski definition) is 4. The third-order valence-corrected chi connectivity index (χ3v) is 4.68. The number of rotatable bonds is 6. The summed E-state index contributed by atoms with van der Waals surface area (Å²) in [6.07, 6.45) is 6.24. The molecule has 0 spiro atoms. The number of benzene rings is 1. The fourth-order valence-electron chi connectivity index (χ4n) is 3.15. The van der Waals surface area contributed by atoms with Crippen molar-refractivity contribution in [1.82, 2.24) is 10.3 Å². The Morgan fingerprint density at radius 3 is 2.62 bits per heavy atom. The van der Waals surface area contributed by atoms with Crippen LogP contribution in [-0.2, 0) is 0 Å². The lowest BCUT2D eigenvalue weighted by atomic mass is 10.1. The lowest BCUT2D eigenvalue weighted by molar-refractivity contribution is 0.0939. The van der Waals surface area contributed by atoms with Gasteiger partial charge in [0.15, 0.2) is 11.5 Å². The molecule has 26 heavy (non-hydrogen) atoms. The Hall–Kier alpha value is -2.76. The van der Waals surface area contributed by atoms with Gasteiger partial charge in [0.05, 0.1) is 24.8 Å². The van der Waals surface area contributed by atoms with Gasteiger partial charge < -0.3 is 19.8 Å². The number of amides is 1. The summed E-state index contributed by atoms with van der Waals surface area (Å²) >= 11 is 0. The second-order valence-electron chi connectivity index (χ2n) is 6.57. The summed E-state index contributed by atoms with van der Waals surface area (Å²) in [6.45, 7) is 1.90. The topological polar surface area (TPSA) is 80.4 Å². The molecule has 0 bridgehead atoms. The molecule has 1 aliphatic rings. The summed E-state index contributed by atoms with van der Waals surface area (Å²) in [7, 11) is 1.62. The molecule has 1 amide bonds. The van der Waals surface area contributed by atoms with Gasteiger partial charge in [-0.1, -0.05) is 6.07 Å². The Morgan fingerprint density at radius 1 is 1.19 bits per heavy atom. The molecule has 1 fully saturated rings. The van der Waals surface area contributed by atoms with Crippen molar-refractivity contribution < 1.29 is 14.3 Å². The van der Waals surface area contributed by atoms with Gasteiger partial charge in [0, 0.05) is 12.3 Å². The SMILES string of the molecule is COc1cc([C@@H](C)NC(=O)c2ccc(=O)[nH]c2)ccc1OC1CCCC1. The van der Waals surface area contributed by atoms with Crippen molar-refractivity contribution in [2.24, 2.45) is 0 Å². The summed E-state index contributed by atoms with van der Waals surface area (Å²) in [5, 5.41) is 2.92. The molecule has 0 radical (unpaired) electrons. The standard InChI is InChI=1S/C20H24N2O4/c1-13(22-20(24)15-8-10-19(23)21-12-15)14-7-9-17(18(11-14)25-2)26-16-5-3-4-6-16/h7-13,16H,3-6H2,1-2H3,(H,21,23)(H,22,24)/t13-/m1/s1. The molecule has 0 saturated heterocycles. The lowest BCUT2D eigenvalue weighted by Crippen LogP contribution is -2.27. The normalized spacial score (nSPS) is 15.5. The number of H-pyrrole nitrogens is 1. The van der Waals surface area contributed by atoms with Crippen LogP contribution in [0.3, 0.4) is 0 Å². The summed E-state index contributed by atoms with van der Waals surface area (Å²) in [4.78, 5) is 25.9. The largest absolute Gasteiger partial charge is 0.493 e. The fraction of sp³-hybridized carbons (Fsp3) is 0.400. The minimum absolute atomic E-state index is 0.219. The van der Waals surface area contributed by atoms with Gasteiger partial charge in [0.1, 0.15) is 0 Å². The zero-order valence-electron chi connectivity index (χ0n) is 15.1. The number of aromatic nitrogens is 1. The van der Waals surface area contributed by atoms with E-state index in [0.717, 1.165) is 24.2 Å². The van der Waals surface area contributed by atoms with Crippen LogP contribution < -0.4 is 20.3 Å². The van der Waals surface area contributed by atoms with Crippen LogP contribution in [0.4, 0.5) is 0 Å². The van der Waals surface area contributed by atoms with Crippen molar-refractivity contribution in [2.45, 2.75) is 44.8 Å². The van der Waals surface area contributed by atoms with Crippen LogP contribution in [0.2, 0.25) is 0 Å². The highest BCUT2D eigenvalue weighted by Crippen LogP contribution is 2.33. The number of carbonyl (C=O) groups excluding carboxylic acids is 1. The van der Waals surface area contributed by atoms with E-state index in [0.29, 0.717) is 11.3 Å². The van der Waals surface area contributed by atoms with Crippen molar-refractivity contribution in [3.8, 4) is 11.5 Å². The first-order chi connectivity index (χ1) is 12.6. The van der Waals surface area contributed by atoms with E-state index in [1.165, 1.54) is 31.2 Å². The number of methoxy groups -OCH3 is 1. The molecule has 0 unspecified atom stereocenters. The molecule has 1 aromatic heterocycles. The zero-order chi connectivity index (χ0) is 18.5. The van der Waals surface area contributed by atoms with E-state index in [9.17, 15) is 9.59 Å². The summed E-state index contributed by atoms with van der Waals surface area (Å²) in [5.41, 5.74) is 1.08. The first-order valence-electron chi connectivity index (χ1n) is 8.91. The van der Waals surface area contributed by atoms with Gasteiger partial charge in [-0.25, -0.2) is 0 Å². The van der Waals surface area contributed by atoms with E-state index in [4.69, 9.17) is 9.47 Å². The molecule has 2 aromatic rings. The van der Waals surface area contributed by atoms with E-state index < -0.39 is 0 Å². The molecular weight excluding hydrogens is 332 g/mol. The Kier molecular flexibility index (Phi) is 5.61. The maximum Gasteiger partial charge on any atom is 0.253 e. The van der Waals surface area contributed by atoms with Crippen LogP contribution in [0.1, 0.15) is 54.6 Å². The van der Waals surface area contributed by atoms with Crippen molar-refractivity contribution in [1.29, 1.82) is 0 Å². The van der Waals surface area contributed by atoms with E-state index in [1.807, 2.05) is 25.1 Å². The lowest BCUT2D eigenvalue weighted by Gasteiger charge is -2.19. The first kappa shape index (κ1) is 18.0. The minimum atomic E-state index is -0.251. The van der Waals surface area contributed by atoms with Crippen LogP contribution in [0.5, 0.6) is 11.5 Å². The third-order valence-electron chi connectivity index (χ3n) is 4.68. The van der Waals surface area contributed by atoms with Crippen LogP contribution in [0.15, 0.2) is 41.3 Å². The zero-order valence-corrected chi connectivity index (χ0v) is 15.1. The van der Waals surface area contributed by atoms with Gasteiger partial charge in [-0.2, -0.15) is 0 Å². The molecule has 3 rings (SSSR count). The van der Waals surface area contributed by atoms with Gasteiger partial charge in [0.2, 0.25) is 5.56 Å². The van der Waals surface area contributed by atoms with Gasteiger partial charge in [-0.15, -0.1) is 0 Å². The maximum atomic E-state index is 12.3. The number of ether oxygens (including phenoxy) is 2. The second kappa shape index (κ2) is 8.08. The van der Waals surface area contributed by atoms with Crippen LogP contribution in [-0.4, -0.2) is 24.1 Å². The van der Waals surface area contributed by atoms with Crippen LogP contribution in [0, 0.1) is 0 Å². The van der Waals surface area contributed by atoms with Gasteiger partial charge >= 0.3 is 0 Å². The number of aromatic amines is 1. The third kappa shape index (κ3) is 4.25. The molecule has 0 aliphatic heterocycles. The molecule has 6 nitrogen and oxygen atoms in total. The summed E-state index contributed by atoms with van der Waals surface area (Å²) in [6, 6.07) is 8.34. The molecule has 1 saturated carbocycles. The average molecular weight is 356 g/mol. The second-order valence-corrected chi connectivity index (χ2v) is 6.57. The minimum Gasteiger partial charge on any atom is -0.493 e. The Bertz CT molecular complexity index is 804. The quantitative estimate of drug-likeness (QED) is 0.833. The van der Waals surface area contributed by atoms with Gasteiger partial charge in [-0.05, 0) is 56.4 Å². The molecule has 1 aromatic carbocycles. The highest BCUT2D eigenvalue weighted by atomic mass is 16.5. The van der Waals surface area contributed by atoms with Crippen molar-refractivity contribution >= 4 is 5.91 Å². The highest BCUT2D eigenvalue weighted by Gasteiger charge is 2.19. The molecule has 2 N–H and O–H groups in total. The van der Waals surface area contributed by atoms with Gasteiger partial charge in [-0.3, -0.25) is 9.59 Å². The maximum absolute atomic E-state index is 12.3. The first-order valence-corrected chi connectivity index (χ1v) is 8.91. The van der Waals surface area contributed by atoms with E-state index in [1.54, 1.807) is 7.11 Å². The summed E-state index contributed by atoms with van der Waals surface area (Å²) < 4.78 is 11.5. The van der Waals surface area contributed by atoms with E-state index in [2.05, 4.69) is 10.3 Å². The molecule has 6 heteroatoms. The number of nitrogens with one attached hydrogen (secondary N) is 2. The van der Waals surface area contributed by atoms with Crippen molar-refractivity contribution in [3.63, 3.8) is 0 Å². The van der Waals surface area contributed by atoms with Gasteiger partial charge in [0.25, 0.3) is 5.91 Å². The van der Waals surface area contributed by atoms with Crippen molar-refractivity contribution in [2.75, 3.05) is 7.11 Å². The predicted molar refractivity (Wildman–Crippen MR) is 98.8 cm³/mol. The van der Waals surface area contributed by atoms with E-state index in [-0.39, 0.29) is 23.6 Å². The average Bonchev–Trinajstić information content (AvgIpc) is 3.15. The number of carbonyl (C=O) groups is 1. The highest BCUT2D eigenvalue weighted by molar-refractivity contribution is 5.94. The molecule has 1 aliphatic carbocycles. The Labute approximate surface area is 152 Å². The van der Waals surface area contributed by atoms with Crippen molar-refractivity contribution in [3.05, 3.63) is 58.0 Å². The molecular formula is C20H24N2O4. The number of hydrogen-bond donors (Lipinski definition) is 2.